The van der Waals surface area contributed by atoms with E-state index in [1.807, 2.05) is 6.26 Å². The van der Waals surface area contributed by atoms with E-state index in [2.05, 4.69) is 0 Å². The molecule has 0 aliphatic carbocycles. The molecule has 0 aromatic rings. The first-order valence-corrected chi connectivity index (χ1v) is 7.62. The van der Waals surface area contributed by atoms with Gasteiger partial charge in [0.1, 0.15) is 0 Å². The van der Waals surface area contributed by atoms with Crippen molar-refractivity contribution in [1.29, 1.82) is 0 Å². The largest absolute Gasteiger partial charge is 0.0864 e. The number of halogens is 3. The summed E-state index contributed by atoms with van der Waals surface area (Å²) in [6.45, 7) is 0. The highest BCUT2D eigenvalue weighted by molar-refractivity contribution is 8.65. The molecule has 0 heterocycles. The van der Waals surface area contributed by atoms with E-state index >= 15 is 0 Å². The molecule has 0 aromatic heterocycles. The third-order valence-electron chi connectivity index (χ3n) is 0.519. The molecule has 0 unspecified atom stereocenters. The van der Waals surface area contributed by atoms with Crippen molar-refractivity contribution in [2.24, 2.45) is 0 Å². The van der Waals surface area contributed by atoms with Gasteiger partial charge in [-0.2, -0.15) is 0 Å². The van der Waals surface area contributed by atoms with E-state index in [-0.39, 0.29) is 0 Å². The van der Waals surface area contributed by atoms with Gasteiger partial charge in [0.15, 0.2) is 0 Å². The Labute approximate surface area is 69.1 Å². The van der Waals surface area contributed by atoms with Crippen LogP contribution in [0.25, 0.3) is 0 Å². The zero-order valence-corrected chi connectivity index (χ0v) is 8.27. The second-order valence-electron chi connectivity index (χ2n) is 1.39. The van der Waals surface area contributed by atoms with Crippen molar-refractivity contribution in [2.75, 3.05) is 17.8 Å². The molecule has 0 saturated carbocycles. The summed E-state index contributed by atoms with van der Waals surface area (Å²) in [7, 11) is 16.6. The van der Waals surface area contributed by atoms with Gasteiger partial charge in [-0.15, -0.1) is 0 Å². The van der Waals surface area contributed by atoms with Crippen molar-refractivity contribution in [2.45, 2.75) is 0 Å². The molecule has 0 saturated heterocycles. The Bertz CT molecular complexity index is 60.0. The molecule has 0 spiro atoms. The SMILES string of the molecule is CS(Cl)(Cl)CCSCl. The van der Waals surface area contributed by atoms with Crippen molar-refractivity contribution >= 4 is 51.5 Å². The lowest BCUT2D eigenvalue weighted by molar-refractivity contribution is 1.56. The smallest absolute Gasteiger partial charge is 0.0183 e. The van der Waals surface area contributed by atoms with Crippen LogP contribution < -0.4 is 0 Å². The van der Waals surface area contributed by atoms with Crippen molar-refractivity contribution < 1.29 is 0 Å². The number of rotatable bonds is 3. The van der Waals surface area contributed by atoms with Crippen LogP contribution in [0.2, 0.25) is 0 Å². The summed E-state index contributed by atoms with van der Waals surface area (Å²) in [6.07, 6.45) is 1.84. The molecule has 0 N–H and O–H groups in total. The van der Waals surface area contributed by atoms with Gasteiger partial charge in [0, 0.05) is 11.5 Å². The molecular weight excluding hydrogens is 207 g/mol. The Morgan fingerprint density at radius 2 is 2.00 bits per heavy atom. The van der Waals surface area contributed by atoms with Gasteiger partial charge in [-0.1, -0.05) is 40.8 Å². The molecule has 0 atom stereocenters. The fourth-order valence-corrected chi connectivity index (χ4v) is 3.30. The van der Waals surface area contributed by atoms with E-state index in [1.54, 1.807) is 0 Å². The lowest BCUT2D eigenvalue weighted by Crippen LogP contribution is -1.88. The third-order valence-corrected chi connectivity index (χ3v) is 3.45. The van der Waals surface area contributed by atoms with Crippen LogP contribution in [0.5, 0.6) is 0 Å². The molecule has 0 fully saturated rings. The summed E-state index contributed by atoms with van der Waals surface area (Å²) < 4.78 is 0. The molecule has 0 bridgehead atoms. The van der Waals surface area contributed by atoms with Gasteiger partial charge in [-0.05, 0) is 16.9 Å². The second kappa shape index (κ2) is 4.40. The van der Waals surface area contributed by atoms with Crippen LogP contribution >= 0.6 is 51.5 Å². The minimum atomic E-state index is -1.35. The van der Waals surface area contributed by atoms with Crippen LogP contribution in [0.4, 0.5) is 0 Å². The highest BCUT2D eigenvalue weighted by Crippen LogP contribution is 2.54. The Kier molecular flexibility index (Phi) is 5.26. The standard InChI is InChI=1S/C3H7Cl3S2/c1-8(5,6)3-2-7-4/h2-3H2,1H3. The molecule has 52 valence electrons. The summed E-state index contributed by atoms with van der Waals surface area (Å²) in [4.78, 5) is 0. The first-order chi connectivity index (χ1) is 3.56. The van der Waals surface area contributed by atoms with Crippen molar-refractivity contribution in [1.82, 2.24) is 0 Å². The fourth-order valence-electron chi connectivity index (χ4n) is 0.178. The van der Waals surface area contributed by atoms with Gasteiger partial charge in [-0.3, -0.25) is 0 Å². The number of hydrogen-bond donors (Lipinski definition) is 0. The molecule has 5 heteroatoms. The molecule has 0 aliphatic heterocycles. The predicted octanol–water partition coefficient (Wildman–Crippen LogP) is 3.62. The van der Waals surface area contributed by atoms with Gasteiger partial charge in [-0.25, -0.2) is 0 Å². The highest BCUT2D eigenvalue weighted by Gasteiger charge is 2.07. The van der Waals surface area contributed by atoms with Gasteiger partial charge in [0.2, 0.25) is 0 Å². The average molecular weight is 214 g/mol. The van der Waals surface area contributed by atoms with Crippen LogP contribution in [0, 0.1) is 0 Å². The van der Waals surface area contributed by atoms with Crippen molar-refractivity contribution in [3.05, 3.63) is 0 Å². The van der Waals surface area contributed by atoms with Crippen molar-refractivity contribution in [3.63, 3.8) is 0 Å². The molecule has 0 rings (SSSR count). The Balaban J connectivity index is 3.11. The lowest BCUT2D eigenvalue weighted by atomic mass is 11.0. The minimum Gasteiger partial charge on any atom is -0.0864 e. The van der Waals surface area contributed by atoms with Gasteiger partial charge >= 0.3 is 0 Å². The highest BCUT2D eigenvalue weighted by atomic mass is 36.0. The lowest BCUT2D eigenvalue weighted by Gasteiger charge is -2.15. The minimum absolute atomic E-state index is 0.810. The second-order valence-corrected chi connectivity index (χ2v) is 9.39. The Morgan fingerprint density at radius 3 is 2.12 bits per heavy atom. The van der Waals surface area contributed by atoms with E-state index in [4.69, 9.17) is 32.0 Å². The molecule has 8 heavy (non-hydrogen) atoms. The van der Waals surface area contributed by atoms with Crippen LogP contribution in [-0.4, -0.2) is 17.8 Å². The van der Waals surface area contributed by atoms with E-state index in [9.17, 15) is 0 Å². The van der Waals surface area contributed by atoms with Crippen LogP contribution in [0.1, 0.15) is 0 Å². The predicted molar refractivity (Wildman–Crippen MR) is 48.4 cm³/mol. The topological polar surface area (TPSA) is 0 Å². The van der Waals surface area contributed by atoms with E-state index in [1.165, 1.54) is 11.0 Å². The summed E-state index contributed by atoms with van der Waals surface area (Å²) in [5.41, 5.74) is 0. The monoisotopic (exact) mass is 212 g/mol. The van der Waals surface area contributed by atoms with Crippen LogP contribution in [0.15, 0.2) is 0 Å². The van der Waals surface area contributed by atoms with Gasteiger partial charge < -0.3 is 0 Å². The summed E-state index contributed by atoms with van der Waals surface area (Å²) in [5.74, 6) is 1.64. The molecule has 0 nitrogen and oxygen atoms in total. The zero-order chi connectivity index (χ0) is 6.62. The molecule has 0 aromatic carbocycles. The maximum absolute atomic E-state index is 5.69. The first-order valence-electron chi connectivity index (χ1n) is 1.95. The molecular formula is C3H7Cl3S2. The zero-order valence-electron chi connectivity index (χ0n) is 4.36. The normalized spacial score (nSPS) is 14.0. The Hall–Kier alpha value is 1.57. The van der Waals surface area contributed by atoms with E-state index in [0.29, 0.717) is 0 Å². The molecule has 0 radical (unpaired) electrons. The maximum Gasteiger partial charge on any atom is 0.0183 e. The fraction of sp³-hybridized carbons (Fsp3) is 1.00. The molecule has 0 aliphatic rings. The van der Waals surface area contributed by atoms with Gasteiger partial charge in [0.05, 0.1) is 0 Å². The number of hydrogen-bond acceptors (Lipinski definition) is 1. The maximum atomic E-state index is 5.69. The molecule has 0 amide bonds. The van der Waals surface area contributed by atoms with Crippen molar-refractivity contribution in [3.8, 4) is 0 Å². The van der Waals surface area contributed by atoms with E-state index in [0.717, 1.165) is 11.5 Å². The van der Waals surface area contributed by atoms with Crippen LogP contribution in [0.3, 0.4) is 0 Å². The average Bonchev–Trinajstić information content (AvgIpc) is 1.59. The Morgan fingerprint density at radius 1 is 1.50 bits per heavy atom. The summed E-state index contributed by atoms with van der Waals surface area (Å²) >= 11 is 0. The third kappa shape index (κ3) is 7.57. The summed E-state index contributed by atoms with van der Waals surface area (Å²) in [5, 5.41) is 0. The first kappa shape index (κ1) is 9.57. The quantitative estimate of drug-likeness (QED) is 0.690. The van der Waals surface area contributed by atoms with Gasteiger partial charge in [0.25, 0.3) is 0 Å². The van der Waals surface area contributed by atoms with E-state index < -0.39 is 8.46 Å². The van der Waals surface area contributed by atoms with Crippen LogP contribution in [-0.2, 0) is 0 Å². The summed E-state index contributed by atoms with van der Waals surface area (Å²) in [6, 6.07) is 0.